The van der Waals surface area contributed by atoms with Crippen molar-refractivity contribution in [2.45, 2.75) is 77.9 Å². The van der Waals surface area contributed by atoms with Gasteiger partial charge in [-0.1, -0.05) is 30.3 Å². The lowest BCUT2D eigenvalue weighted by Gasteiger charge is -2.44. The Morgan fingerprint density at radius 3 is 2.13 bits per heavy atom. The molecule has 2 saturated heterocycles. The van der Waals surface area contributed by atoms with Crippen molar-refractivity contribution in [1.29, 1.82) is 0 Å². The molecule has 38 heavy (non-hydrogen) atoms. The Hall–Kier alpha value is -3.56. The Bertz CT molecular complexity index is 1060. The van der Waals surface area contributed by atoms with Crippen LogP contribution >= 0.6 is 0 Å². The average molecular weight is 526 g/mol. The van der Waals surface area contributed by atoms with Crippen molar-refractivity contribution in [2.75, 3.05) is 31.1 Å². The summed E-state index contributed by atoms with van der Waals surface area (Å²) in [5.74, 6) is 1.22. The van der Waals surface area contributed by atoms with E-state index in [1.165, 1.54) is 0 Å². The predicted octanol–water partition coefficient (Wildman–Crippen LogP) is 4.49. The van der Waals surface area contributed by atoms with Crippen LogP contribution in [0.3, 0.4) is 0 Å². The maximum absolute atomic E-state index is 13.1. The summed E-state index contributed by atoms with van der Waals surface area (Å²) in [4.78, 5) is 40.0. The molecule has 10 heteroatoms. The number of amides is 2. The van der Waals surface area contributed by atoms with Gasteiger partial charge in [0.15, 0.2) is 5.75 Å². The number of nitrogens with zero attached hydrogens (tertiary/aromatic N) is 5. The van der Waals surface area contributed by atoms with Crippen molar-refractivity contribution < 1.29 is 23.8 Å². The van der Waals surface area contributed by atoms with E-state index in [1.54, 1.807) is 22.2 Å². The van der Waals surface area contributed by atoms with Crippen molar-refractivity contribution in [3.8, 4) is 5.75 Å². The summed E-state index contributed by atoms with van der Waals surface area (Å²) < 4.78 is 17.1. The van der Waals surface area contributed by atoms with E-state index >= 15 is 0 Å². The molecule has 10 nitrogen and oxygen atoms in total. The van der Waals surface area contributed by atoms with Crippen LogP contribution in [0.1, 0.15) is 53.0 Å². The molecule has 2 aliphatic rings. The van der Waals surface area contributed by atoms with Gasteiger partial charge >= 0.3 is 12.2 Å². The Labute approximate surface area is 224 Å². The highest BCUT2D eigenvalue weighted by atomic mass is 16.6. The molecule has 2 fully saturated rings. The Morgan fingerprint density at radius 2 is 1.55 bits per heavy atom. The predicted molar refractivity (Wildman–Crippen MR) is 143 cm³/mol. The van der Waals surface area contributed by atoms with Gasteiger partial charge in [0.2, 0.25) is 5.95 Å². The number of aromatic nitrogens is 2. The third-order valence-electron chi connectivity index (χ3n) is 6.64. The molecule has 0 bridgehead atoms. The van der Waals surface area contributed by atoms with Crippen molar-refractivity contribution in [1.82, 2.24) is 19.8 Å². The normalized spacial score (nSPS) is 20.7. The van der Waals surface area contributed by atoms with Gasteiger partial charge in [0.05, 0.1) is 24.5 Å². The lowest BCUT2D eigenvalue weighted by molar-refractivity contribution is -0.00505. The number of rotatable bonds is 5. The van der Waals surface area contributed by atoms with E-state index in [2.05, 4.69) is 14.9 Å². The molecule has 2 aliphatic heterocycles. The highest BCUT2D eigenvalue weighted by molar-refractivity contribution is 5.70. The number of carbonyl (C=O) groups excluding carboxylic acids is 2. The van der Waals surface area contributed by atoms with E-state index < -0.39 is 5.60 Å². The minimum absolute atomic E-state index is 0.0780. The summed E-state index contributed by atoms with van der Waals surface area (Å²) in [5.41, 5.74) is 0.550. The van der Waals surface area contributed by atoms with Gasteiger partial charge < -0.3 is 24.0 Å². The van der Waals surface area contributed by atoms with E-state index in [1.807, 2.05) is 65.0 Å². The van der Waals surface area contributed by atoms with E-state index in [-0.39, 0.29) is 30.4 Å². The zero-order valence-corrected chi connectivity index (χ0v) is 23.0. The summed E-state index contributed by atoms with van der Waals surface area (Å²) in [6.07, 6.45) is 3.71. The third-order valence-corrected chi connectivity index (χ3v) is 6.64. The van der Waals surface area contributed by atoms with Gasteiger partial charge in [0.1, 0.15) is 18.3 Å². The van der Waals surface area contributed by atoms with Gasteiger partial charge in [-0.3, -0.25) is 4.90 Å². The molecule has 0 spiro atoms. The molecule has 0 saturated carbocycles. The van der Waals surface area contributed by atoms with Crippen molar-refractivity contribution in [3.63, 3.8) is 0 Å². The minimum Gasteiger partial charge on any atom is -0.486 e. The van der Waals surface area contributed by atoms with Gasteiger partial charge in [-0.2, -0.15) is 0 Å². The fraction of sp³-hybridized carbons (Fsp3) is 0.571. The topological polar surface area (TPSA) is 97.3 Å². The van der Waals surface area contributed by atoms with Crippen LogP contribution in [0.5, 0.6) is 5.75 Å². The molecular formula is C28H39N5O5. The lowest BCUT2D eigenvalue weighted by atomic mass is 10.1. The van der Waals surface area contributed by atoms with Crippen LogP contribution in [0.2, 0.25) is 0 Å². The summed E-state index contributed by atoms with van der Waals surface area (Å²) >= 11 is 0. The van der Waals surface area contributed by atoms with E-state index in [9.17, 15) is 9.59 Å². The number of benzene rings is 1. The zero-order valence-electron chi connectivity index (χ0n) is 23.0. The first kappa shape index (κ1) is 27.5. The first-order valence-corrected chi connectivity index (χ1v) is 13.3. The molecular weight excluding hydrogens is 486 g/mol. The number of anilines is 1. The number of piperidine rings is 1. The molecule has 2 amide bonds. The first-order valence-electron chi connectivity index (χ1n) is 13.3. The molecule has 1 aromatic carbocycles. The van der Waals surface area contributed by atoms with Crippen LogP contribution in [-0.4, -0.2) is 81.9 Å². The van der Waals surface area contributed by atoms with Gasteiger partial charge in [-0.05, 0) is 40.2 Å². The Balaban J connectivity index is 1.25. The van der Waals surface area contributed by atoms with Gasteiger partial charge in [0, 0.05) is 39.0 Å². The fourth-order valence-electron chi connectivity index (χ4n) is 4.82. The number of piperazine rings is 1. The van der Waals surface area contributed by atoms with Crippen molar-refractivity contribution >= 4 is 18.1 Å². The number of ether oxygens (including phenoxy) is 3. The van der Waals surface area contributed by atoms with Crippen LogP contribution in [0, 0.1) is 0 Å². The van der Waals surface area contributed by atoms with Crippen LogP contribution in [0.25, 0.3) is 0 Å². The van der Waals surface area contributed by atoms with Crippen LogP contribution in [0.15, 0.2) is 42.7 Å². The zero-order chi connectivity index (χ0) is 27.3. The smallest absolute Gasteiger partial charge is 0.410 e. The molecule has 3 heterocycles. The lowest BCUT2D eigenvalue weighted by Crippen LogP contribution is -2.59. The maximum Gasteiger partial charge on any atom is 0.410 e. The molecule has 206 valence electrons. The molecule has 0 aliphatic carbocycles. The molecule has 0 N–H and O–H groups in total. The van der Waals surface area contributed by atoms with Crippen LogP contribution in [0.4, 0.5) is 15.5 Å². The van der Waals surface area contributed by atoms with Crippen molar-refractivity contribution in [3.05, 3.63) is 48.3 Å². The first-order chi connectivity index (χ1) is 18.1. The molecule has 2 atom stereocenters. The van der Waals surface area contributed by atoms with Crippen molar-refractivity contribution in [2.24, 2.45) is 0 Å². The Kier molecular flexibility index (Phi) is 8.58. The monoisotopic (exact) mass is 525 g/mol. The molecule has 4 rings (SSSR count). The minimum atomic E-state index is -0.530. The van der Waals surface area contributed by atoms with E-state index in [4.69, 9.17) is 14.2 Å². The number of carbonyl (C=O) groups is 2. The Morgan fingerprint density at radius 1 is 0.947 bits per heavy atom. The highest BCUT2D eigenvalue weighted by Gasteiger charge is 2.37. The second-order valence-electron chi connectivity index (χ2n) is 11.1. The summed E-state index contributed by atoms with van der Waals surface area (Å²) in [6.45, 7) is 12.2. The summed E-state index contributed by atoms with van der Waals surface area (Å²) in [7, 11) is 0. The largest absolute Gasteiger partial charge is 0.486 e. The van der Waals surface area contributed by atoms with Gasteiger partial charge in [-0.25, -0.2) is 19.6 Å². The second-order valence-corrected chi connectivity index (χ2v) is 11.1. The molecule has 0 unspecified atom stereocenters. The third kappa shape index (κ3) is 7.26. The van der Waals surface area contributed by atoms with E-state index in [0.717, 1.165) is 5.56 Å². The van der Waals surface area contributed by atoms with Gasteiger partial charge in [-0.15, -0.1) is 0 Å². The quantitative estimate of drug-likeness (QED) is 0.563. The number of likely N-dealkylation sites (tertiary alicyclic amines) is 1. The summed E-state index contributed by atoms with van der Waals surface area (Å²) in [5, 5.41) is 0. The van der Waals surface area contributed by atoms with E-state index in [0.29, 0.717) is 57.3 Å². The highest BCUT2D eigenvalue weighted by Crippen LogP contribution is 2.24. The van der Waals surface area contributed by atoms with Crippen LogP contribution < -0.4 is 9.64 Å². The molecule has 1 aromatic heterocycles. The standard InChI is InChI=1S/C28H39N5O5/c1-20-17-32(25-29-15-24(16-30-25)36-19-22-9-7-6-8-10-22)18-21(2)33(20)27(35)37-23-11-13-31(14-12-23)26(34)38-28(3,4)5/h6-10,15-16,20-21,23H,11-14,17-19H2,1-5H3/t20-,21+. The second kappa shape index (κ2) is 11.9. The average Bonchev–Trinajstić information content (AvgIpc) is 2.87. The molecule has 2 aromatic rings. The number of hydrogen-bond acceptors (Lipinski definition) is 8. The van der Waals surface area contributed by atoms with Gasteiger partial charge in [0.25, 0.3) is 0 Å². The molecule has 0 radical (unpaired) electrons. The SMILES string of the molecule is C[C@@H]1CN(c2ncc(OCc3ccccc3)cn2)C[C@H](C)N1C(=O)OC1CCN(C(=O)OC(C)(C)C)CC1. The summed E-state index contributed by atoms with van der Waals surface area (Å²) in [6, 6.07) is 9.79. The number of hydrogen-bond donors (Lipinski definition) is 0. The maximum atomic E-state index is 13.1. The van der Waals surface area contributed by atoms with Crippen LogP contribution in [-0.2, 0) is 16.1 Å². The fourth-order valence-corrected chi connectivity index (χ4v) is 4.82.